The van der Waals surface area contributed by atoms with Crippen molar-refractivity contribution in [3.63, 3.8) is 0 Å². The van der Waals surface area contributed by atoms with Crippen LogP contribution in [0.25, 0.3) is 21.5 Å². The zero-order valence-corrected chi connectivity index (χ0v) is 24.0. The lowest BCUT2D eigenvalue weighted by atomic mass is 10.0. The number of benzene rings is 3. The van der Waals surface area contributed by atoms with Gasteiger partial charge in [-0.05, 0) is 42.7 Å². The molecule has 0 radical (unpaired) electrons. The van der Waals surface area contributed by atoms with E-state index in [1.807, 2.05) is 36.4 Å². The molecule has 9 nitrogen and oxygen atoms in total. The van der Waals surface area contributed by atoms with Crippen LogP contribution in [0.3, 0.4) is 0 Å². The Kier molecular flexibility index (Phi) is 7.97. The normalized spacial score (nSPS) is 16.5. The molecule has 2 aromatic heterocycles. The first kappa shape index (κ1) is 29.2. The van der Waals surface area contributed by atoms with Crippen LogP contribution in [-0.2, 0) is 15.8 Å². The van der Waals surface area contributed by atoms with Crippen molar-refractivity contribution >= 4 is 44.2 Å². The number of rotatable bonds is 7. The molecule has 13 heteroatoms. The minimum Gasteiger partial charge on any atom is -0.437 e. The van der Waals surface area contributed by atoms with Crippen molar-refractivity contribution in [2.24, 2.45) is 0 Å². The maximum Gasteiger partial charge on any atom is 0.416 e. The van der Waals surface area contributed by atoms with Crippen molar-refractivity contribution in [1.82, 2.24) is 20.3 Å². The number of amides is 2. The molecule has 1 fully saturated rings. The lowest BCUT2D eigenvalue weighted by Gasteiger charge is -2.18. The summed E-state index contributed by atoms with van der Waals surface area (Å²) in [5, 5.41) is 9.05. The molecule has 3 N–H and O–H groups in total. The molecule has 0 aliphatic carbocycles. The first-order valence-electron chi connectivity index (χ1n) is 13.6. The zero-order valence-electron chi connectivity index (χ0n) is 23.2. The van der Waals surface area contributed by atoms with Crippen molar-refractivity contribution < 1.29 is 27.5 Å². The Bertz CT molecular complexity index is 1850. The number of para-hydroxylation sites is 1. The molecule has 0 saturated carbocycles. The highest BCUT2D eigenvalue weighted by Crippen LogP contribution is 2.38. The highest BCUT2D eigenvalue weighted by Gasteiger charge is 2.33. The van der Waals surface area contributed by atoms with Crippen molar-refractivity contribution in [1.29, 1.82) is 0 Å². The monoisotopic (exact) mass is 618 g/mol. The second-order valence-electron chi connectivity index (χ2n) is 10.2. The summed E-state index contributed by atoms with van der Waals surface area (Å²) in [6.07, 6.45) is -2.16. The average Bonchev–Trinajstić information content (AvgIpc) is 3.65. The quantitative estimate of drug-likeness (QED) is 0.181. The lowest BCUT2D eigenvalue weighted by Crippen LogP contribution is -2.36. The Morgan fingerprint density at radius 1 is 0.977 bits per heavy atom. The van der Waals surface area contributed by atoms with E-state index < -0.39 is 23.7 Å². The van der Waals surface area contributed by atoms with E-state index in [0.29, 0.717) is 29.2 Å². The van der Waals surface area contributed by atoms with Crippen LogP contribution < -0.4 is 20.7 Å². The third kappa shape index (κ3) is 6.38. The molecule has 0 spiro atoms. The number of hydrogen-bond acceptors (Lipinski definition) is 8. The van der Waals surface area contributed by atoms with Crippen LogP contribution in [0.1, 0.15) is 36.9 Å². The van der Waals surface area contributed by atoms with Gasteiger partial charge in [-0.15, -0.1) is 0 Å². The summed E-state index contributed by atoms with van der Waals surface area (Å²) in [4.78, 5) is 37.6. The number of anilines is 2. The SMILES string of the molecule is CC(=O)Nc1nc2c(Oc3cc(-c4ccc(C(F)(F)F)cc4NC(=O)[C@@H]4CC[C@H](c5ccccc5)N4)ncn3)cccc2s1. The average molecular weight is 619 g/mol. The van der Waals surface area contributed by atoms with Gasteiger partial charge in [-0.3, -0.25) is 14.9 Å². The molecule has 6 rings (SSSR count). The van der Waals surface area contributed by atoms with Crippen LogP contribution in [0.2, 0.25) is 0 Å². The third-order valence-corrected chi connectivity index (χ3v) is 8.00. The lowest BCUT2D eigenvalue weighted by molar-refractivity contribution is -0.137. The Morgan fingerprint density at radius 2 is 1.80 bits per heavy atom. The van der Waals surface area contributed by atoms with E-state index in [9.17, 15) is 22.8 Å². The molecule has 44 heavy (non-hydrogen) atoms. The maximum atomic E-state index is 13.7. The van der Waals surface area contributed by atoms with E-state index in [1.54, 1.807) is 12.1 Å². The van der Waals surface area contributed by atoms with Gasteiger partial charge >= 0.3 is 6.18 Å². The Hall–Kier alpha value is -4.88. The van der Waals surface area contributed by atoms with Gasteiger partial charge in [-0.2, -0.15) is 13.2 Å². The number of halogens is 3. The number of alkyl halides is 3. The summed E-state index contributed by atoms with van der Waals surface area (Å²) in [5.41, 5.74) is 1.09. The van der Waals surface area contributed by atoms with E-state index in [1.165, 1.54) is 36.7 Å². The standard InChI is InChI=1S/C31H25F3N6O3S/c1-17(41)37-30-40-28-25(8-5-9-26(28)44-30)43-27-15-23(35-16-36-27)20-11-10-19(31(32,33)34)14-24(20)39-29(42)22-13-12-21(38-22)18-6-3-2-4-7-18/h2-11,14-16,21-22,38H,12-13H2,1H3,(H,39,42)(H,37,40,41)/t21-,22+/m1/s1. The summed E-state index contributed by atoms with van der Waals surface area (Å²) in [6, 6.07) is 18.9. The highest BCUT2D eigenvalue weighted by atomic mass is 32.1. The second-order valence-corrected chi connectivity index (χ2v) is 11.2. The molecule has 0 bridgehead atoms. The topological polar surface area (TPSA) is 118 Å². The van der Waals surface area contributed by atoms with Gasteiger partial charge in [0.2, 0.25) is 17.7 Å². The number of carbonyl (C=O) groups is 2. The smallest absolute Gasteiger partial charge is 0.416 e. The summed E-state index contributed by atoms with van der Waals surface area (Å²) < 4.78 is 47.8. The number of fused-ring (bicyclic) bond motifs is 1. The van der Waals surface area contributed by atoms with Gasteiger partial charge in [-0.25, -0.2) is 15.0 Å². The van der Waals surface area contributed by atoms with Crippen molar-refractivity contribution in [2.45, 2.75) is 38.0 Å². The molecule has 1 aliphatic heterocycles. The number of ether oxygens (including phenoxy) is 1. The number of hydrogen-bond donors (Lipinski definition) is 3. The van der Waals surface area contributed by atoms with Crippen LogP contribution in [0.4, 0.5) is 24.0 Å². The van der Waals surface area contributed by atoms with Crippen LogP contribution >= 0.6 is 11.3 Å². The largest absolute Gasteiger partial charge is 0.437 e. The van der Waals surface area contributed by atoms with Gasteiger partial charge in [0, 0.05) is 24.6 Å². The van der Waals surface area contributed by atoms with Crippen LogP contribution in [0, 0.1) is 0 Å². The van der Waals surface area contributed by atoms with Crippen LogP contribution in [-0.4, -0.2) is 32.8 Å². The van der Waals surface area contributed by atoms with Crippen LogP contribution in [0.5, 0.6) is 11.6 Å². The zero-order chi connectivity index (χ0) is 30.8. The third-order valence-electron chi connectivity index (χ3n) is 7.07. The maximum absolute atomic E-state index is 13.7. The Balaban J connectivity index is 1.27. The molecular formula is C31H25F3N6O3S. The van der Waals surface area contributed by atoms with Crippen molar-refractivity contribution in [2.75, 3.05) is 10.6 Å². The first-order chi connectivity index (χ1) is 21.1. The van der Waals surface area contributed by atoms with Crippen molar-refractivity contribution in [3.05, 3.63) is 90.3 Å². The molecule has 3 heterocycles. The van der Waals surface area contributed by atoms with Gasteiger partial charge in [0.15, 0.2) is 10.9 Å². The number of nitrogens with one attached hydrogen (secondary N) is 3. The summed E-state index contributed by atoms with van der Waals surface area (Å²) in [5.74, 6) is -0.232. The van der Waals surface area contributed by atoms with E-state index in [2.05, 4.69) is 30.9 Å². The molecule has 1 saturated heterocycles. The molecule has 0 unspecified atom stereocenters. The molecule has 3 aromatic carbocycles. The predicted molar refractivity (Wildman–Crippen MR) is 160 cm³/mol. The van der Waals surface area contributed by atoms with Gasteiger partial charge in [0.05, 0.1) is 27.7 Å². The Morgan fingerprint density at radius 3 is 2.57 bits per heavy atom. The van der Waals surface area contributed by atoms with Gasteiger partial charge < -0.3 is 15.4 Å². The van der Waals surface area contributed by atoms with E-state index in [4.69, 9.17) is 4.74 Å². The Labute approximate surface area is 253 Å². The highest BCUT2D eigenvalue weighted by molar-refractivity contribution is 7.22. The fourth-order valence-electron chi connectivity index (χ4n) is 5.03. The fraction of sp³-hybridized carbons (Fsp3) is 0.194. The summed E-state index contributed by atoms with van der Waals surface area (Å²) in [7, 11) is 0. The van der Waals surface area contributed by atoms with Crippen LogP contribution in [0.15, 0.2) is 79.1 Å². The second kappa shape index (κ2) is 12.0. The van der Waals surface area contributed by atoms with Gasteiger partial charge in [-0.1, -0.05) is 53.8 Å². The number of carbonyl (C=O) groups excluding carboxylic acids is 2. The van der Waals surface area contributed by atoms with E-state index in [-0.39, 0.29) is 34.8 Å². The molecule has 224 valence electrons. The summed E-state index contributed by atoms with van der Waals surface area (Å²) in [6.45, 7) is 1.38. The molecule has 2 amide bonds. The molecule has 1 aliphatic rings. The predicted octanol–water partition coefficient (Wildman–Crippen LogP) is 6.95. The molecule has 2 atom stereocenters. The van der Waals surface area contributed by atoms with E-state index in [0.717, 1.165) is 22.4 Å². The molecule has 5 aromatic rings. The number of aromatic nitrogens is 3. The minimum atomic E-state index is -4.62. The van der Waals surface area contributed by atoms with Crippen molar-refractivity contribution in [3.8, 4) is 22.9 Å². The van der Waals surface area contributed by atoms with E-state index >= 15 is 0 Å². The number of thiazole rings is 1. The van der Waals surface area contributed by atoms with Gasteiger partial charge in [0.25, 0.3) is 0 Å². The molecular weight excluding hydrogens is 593 g/mol. The fourth-order valence-corrected chi connectivity index (χ4v) is 5.96. The summed E-state index contributed by atoms with van der Waals surface area (Å²) >= 11 is 1.28. The number of nitrogens with zero attached hydrogens (tertiary/aromatic N) is 3. The van der Waals surface area contributed by atoms with Gasteiger partial charge in [0.1, 0.15) is 11.8 Å². The minimum absolute atomic E-state index is 0.0361. The first-order valence-corrected chi connectivity index (χ1v) is 14.5.